The highest BCUT2D eigenvalue weighted by Crippen LogP contribution is 2.54. The summed E-state index contributed by atoms with van der Waals surface area (Å²) in [4.78, 5) is 14.8. The summed E-state index contributed by atoms with van der Waals surface area (Å²) < 4.78 is 2.41. The van der Waals surface area contributed by atoms with Gasteiger partial charge in [0.1, 0.15) is 10.0 Å². The molecule has 6 heteroatoms. The van der Waals surface area contributed by atoms with Crippen LogP contribution in [0, 0.1) is 0 Å². The van der Waals surface area contributed by atoms with Gasteiger partial charge in [-0.15, -0.1) is 22.7 Å². The Bertz CT molecular complexity index is 2150. The maximum absolute atomic E-state index is 4.97. The molecule has 0 N–H and O–H groups in total. The molecule has 1 aliphatic rings. The van der Waals surface area contributed by atoms with Gasteiger partial charge in [0.2, 0.25) is 0 Å². The molecule has 9 rings (SSSR count). The average molecular weight is 618 g/mol. The molecule has 44 heavy (non-hydrogen) atoms. The maximum Gasteiger partial charge on any atom is 0.124 e. The Morgan fingerprint density at radius 2 is 0.955 bits per heavy atom. The van der Waals surface area contributed by atoms with Crippen molar-refractivity contribution >= 4 is 71.9 Å². The van der Waals surface area contributed by atoms with Crippen molar-refractivity contribution in [1.29, 1.82) is 0 Å². The van der Waals surface area contributed by atoms with Crippen LogP contribution in [0.25, 0.3) is 52.7 Å². The third-order valence-corrected chi connectivity index (χ3v) is 11.2. The highest BCUT2D eigenvalue weighted by molar-refractivity contribution is 7.99. The van der Waals surface area contributed by atoms with E-state index in [1.807, 2.05) is 11.8 Å². The topological polar surface area (TPSA) is 29.0 Å². The normalized spacial score (nSPS) is 12.4. The van der Waals surface area contributed by atoms with Gasteiger partial charge in [-0.25, -0.2) is 9.97 Å². The summed E-state index contributed by atoms with van der Waals surface area (Å²) in [6.07, 6.45) is 0. The van der Waals surface area contributed by atoms with Crippen LogP contribution in [-0.4, -0.2) is 9.97 Å². The lowest BCUT2D eigenvalue weighted by atomic mass is 10.0. The van der Waals surface area contributed by atoms with Crippen LogP contribution < -0.4 is 4.90 Å². The second-order valence-corrected chi connectivity index (χ2v) is 13.8. The summed E-state index contributed by atoms with van der Waals surface area (Å²) >= 11 is 5.31. The number of benzene rings is 6. The minimum Gasteiger partial charge on any atom is -0.308 e. The predicted octanol–water partition coefficient (Wildman–Crippen LogP) is 11.8. The van der Waals surface area contributed by atoms with E-state index in [0.717, 1.165) is 37.9 Å². The van der Waals surface area contributed by atoms with Crippen molar-refractivity contribution in [2.24, 2.45) is 0 Å². The second-order valence-electron chi connectivity index (χ2n) is 10.7. The van der Waals surface area contributed by atoms with Crippen molar-refractivity contribution in [3.8, 4) is 32.3 Å². The minimum atomic E-state index is 1.04. The first kappa shape index (κ1) is 25.7. The number of fused-ring (bicyclic) bond motifs is 4. The van der Waals surface area contributed by atoms with Crippen LogP contribution in [0.5, 0.6) is 0 Å². The van der Waals surface area contributed by atoms with Crippen molar-refractivity contribution in [2.75, 3.05) is 4.90 Å². The van der Waals surface area contributed by atoms with Crippen LogP contribution in [-0.2, 0) is 0 Å². The fourth-order valence-electron chi connectivity index (χ4n) is 5.86. The van der Waals surface area contributed by atoms with E-state index in [4.69, 9.17) is 9.97 Å². The number of aromatic nitrogens is 2. The van der Waals surface area contributed by atoms with Crippen LogP contribution in [0.2, 0.25) is 0 Å². The van der Waals surface area contributed by atoms with E-state index < -0.39 is 0 Å². The molecule has 0 saturated heterocycles. The van der Waals surface area contributed by atoms with Gasteiger partial charge in [0.05, 0.1) is 37.5 Å². The molecule has 0 atom stereocenters. The van der Waals surface area contributed by atoms with Gasteiger partial charge in [-0.2, -0.15) is 0 Å². The Hall–Kier alpha value is -4.75. The van der Waals surface area contributed by atoms with Crippen LogP contribution in [0.3, 0.4) is 0 Å². The molecule has 0 amide bonds. The number of rotatable bonds is 4. The van der Waals surface area contributed by atoms with Crippen LogP contribution >= 0.6 is 34.4 Å². The van der Waals surface area contributed by atoms with Crippen molar-refractivity contribution in [1.82, 2.24) is 9.97 Å². The number of para-hydroxylation sites is 3. The number of anilines is 3. The maximum atomic E-state index is 4.97. The smallest absolute Gasteiger partial charge is 0.124 e. The van der Waals surface area contributed by atoms with Crippen molar-refractivity contribution in [2.45, 2.75) is 9.79 Å². The van der Waals surface area contributed by atoms with Gasteiger partial charge in [0, 0.05) is 26.5 Å². The average Bonchev–Trinajstić information content (AvgIpc) is 3.72. The second kappa shape index (κ2) is 10.5. The zero-order chi connectivity index (χ0) is 29.0. The Kier molecular flexibility index (Phi) is 6.11. The molecule has 0 saturated carbocycles. The largest absolute Gasteiger partial charge is 0.308 e. The van der Waals surface area contributed by atoms with Gasteiger partial charge in [0.15, 0.2) is 0 Å². The first-order valence-electron chi connectivity index (χ1n) is 14.4. The lowest BCUT2D eigenvalue weighted by Gasteiger charge is -2.34. The number of hydrogen-bond donors (Lipinski definition) is 0. The molecular formula is C38H23N3S3. The molecule has 3 heterocycles. The monoisotopic (exact) mass is 617 g/mol. The molecule has 0 aliphatic carbocycles. The van der Waals surface area contributed by atoms with E-state index in [0.29, 0.717) is 0 Å². The van der Waals surface area contributed by atoms with E-state index in [1.54, 1.807) is 22.7 Å². The molecule has 8 aromatic rings. The van der Waals surface area contributed by atoms with Gasteiger partial charge >= 0.3 is 0 Å². The molecule has 0 unspecified atom stereocenters. The summed E-state index contributed by atoms with van der Waals surface area (Å²) in [6, 6.07) is 49.7. The third kappa shape index (κ3) is 4.34. The van der Waals surface area contributed by atoms with E-state index in [-0.39, 0.29) is 0 Å². The van der Waals surface area contributed by atoms with Gasteiger partial charge in [-0.3, -0.25) is 0 Å². The summed E-state index contributed by atoms with van der Waals surface area (Å²) in [7, 11) is 0. The van der Waals surface area contributed by atoms with E-state index in [2.05, 4.69) is 144 Å². The minimum absolute atomic E-state index is 1.04. The zero-order valence-electron chi connectivity index (χ0n) is 23.3. The Balaban J connectivity index is 1.23. The fourth-order valence-corrected chi connectivity index (χ4v) is 8.92. The van der Waals surface area contributed by atoms with Crippen LogP contribution in [0.1, 0.15) is 0 Å². The first-order chi connectivity index (χ1) is 21.8. The van der Waals surface area contributed by atoms with E-state index in [9.17, 15) is 0 Å². The summed E-state index contributed by atoms with van der Waals surface area (Å²) in [5.74, 6) is 0. The number of nitrogens with zero attached hydrogens (tertiary/aromatic N) is 3. The molecule has 208 valence electrons. The number of thiazole rings is 2. The van der Waals surface area contributed by atoms with Crippen molar-refractivity contribution in [3.05, 3.63) is 140 Å². The molecule has 3 nitrogen and oxygen atoms in total. The Labute approximate surface area is 267 Å². The van der Waals surface area contributed by atoms with Gasteiger partial charge in [0.25, 0.3) is 0 Å². The molecule has 1 aliphatic heterocycles. The SMILES string of the molecule is c1ccc(-c2ccccc2N2c3ccc(-c4nc5ccccc5s4)cc3Sc3cc(-c4nc5ccccc5s4)ccc32)cc1. The van der Waals surface area contributed by atoms with Gasteiger partial charge in [-0.05, 0) is 72.3 Å². The molecule has 0 fully saturated rings. The van der Waals surface area contributed by atoms with Crippen molar-refractivity contribution in [3.63, 3.8) is 0 Å². The summed E-state index contributed by atoms with van der Waals surface area (Å²) in [5, 5.41) is 2.08. The molecule has 0 radical (unpaired) electrons. The van der Waals surface area contributed by atoms with Gasteiger partial charge in [-0.1, -0.05) is 84.6 Å². The third-order valence-electron chi connectivity index (χ3n) is 7.93. The molecular weight excluding hydrogens is 595 g/mol. The highest BCUT2D eigenvalue weighted by Gasteiger charge is 2.28. The summed E-state index contributed by atoms with van der Waals surface area (Å²) in [5.41, 5.74) is 10.3. The Morgan fingerprint density at radius 1 is 0.432 bits per heavy atom. The lowest BCUT2D eigenvalue weighted by molar-refractivity contribution is 1.17. The highest BCUT2D eigenvalue weighted by atomic mass is 32.2. The quantitative estimate of drug-likeness (QED) is 0.196. The fraction of sp³-hybridized carbons (Fsp3) is 0. The van der Waals surface area contributed by atoms with E-state index in [1.165, 1.54) is 41.7 Å². The zero-order valence-corrected chi connectivity index (χ0v) is 25.8. The molecule has 0 bridgehead atoms. The van der Waals surface area contributed by atoms with Crippen molar-refractivity contribution < 1.29 is 0 Å². The number of hydrogen-bond acceptors (Lipinski definition) is 6. The van der Waals surface area contributed by atoms with Crippen LogP contribution in [0.4, 0.5) is 17.1 Å². The molecule has 0 spiro atoms. The standard InChI is InChI=1S/C38H23N3S3/c1-2-10-24(11-3-1)27-12-4-7-15-30(27)41-31-20-18-25(37-39-28-13-5-8-16-33(28)43-37)22-35(31)42-36-23-26(19-21-32(36)41)38-40-29-14-6-9-17-34(29)44-38/h1-23H. The predicted molar refractivity (Wildman–Crippen MR) is 188 cm³/mol. The first-order valence-corrected chi connectivity index (χ1v) is 16.9. The van der Waals surface area contributed by atoms with E-state index >= 15 is 0 Å². The summed E-state index contributed by atoms with van der Waals surface area (Å²) in [6.45, 7) is 0. The molecule has 2 aromatic heterocycles. The molecule has 6 aromatic carbocycles. The lowest BCUT2D eigenvalue weighted by Crippen LogP contribution is -2.16. The van der Waals surface area contributed by atoms with Crippen LogP contribution in [0.15, 0.2) is 149 Å². The Morgan fingerprint density at radius 3 is 1.55 bits per heavy atom. The van der Waals surface area contributed by atoms with Gasteiger partial charge < -0.3 is 4.90 Å².